The molecule has 0 aromatic heterocycles. The molecule has 6 nitrogen and oxygen atoms in total. The highest BCUT2D eigenvalue weighted by atomic mass is 16.5. The van der Waals surface area contributed by atoms with Crippen LogP contribution in [0.3, 0.4) is 0 Å². The van der Waals surface area contributed by atoms with E-state index >= 15 is 0 Å². The van der Waals surface area contributed by atoms with Crippen LogP contribution in [0.4, 0.5) is 0 Å². The number of ether oxygens (including phenoxy) is 1. The molecule has 1 saturated heterocycles. The quantitative estimate of drug-likeness (QED) is 0.546. The molecule has 2 amide bonds. The number of hydrogen-bond donors (Lipinski definition) is 3. The van der Waals surface area contributed by atoms with Gasteiger partial charge < -0.3 is 21.5 Å². The minimum atomic E-state index is -0.852. The lowest BCUT2D eigenvalue weighted by Crippen LogP contribution is -2.45. The molecule has 1 heterocycles. The number of nitrogens with one attached hydrogen (secondary N) is 1. The molecule has 0 saturated carbocycles. The van der Waals surface area contributed by atoms with Crippen molar-refractivity contribution in [2.75, 3.05) is 13.2 Å². The van der Waals surface area contributed by atoms with Crippen LogP contribution in [0, 0.1) is 5.92 Å². The summed E-state index contributed by atoms with van der Waals surface area (Å²) in [4.78, 5) is 22.0. The summed E-state index contributed by atoms with van der Waals surface area (Å²) in [6.45, 7) is 3.24. The van der Waals surface area contributed by atoms with Gasteiger partial charge in [0.15, 0.2) is 0 Å². The first-order chi connectivity index (χ1) is 7.50. The molecule has 0 aromatic carbocycles. The minimum Gasteiger partial charge on any atom is -0.378 e. The van der Waals surface area contributed by atoms with Gasteiger partial charge in [-0.05, 0) is 13.3 Å². The zero-order valence-corrected chi connectivity index (χ0v) is 9.44. The van der Waals surface area contributed by atoms with Crippen molar-refractivity contribution in [1.29, 1.82) is 0 Å². The molecule has 5 N–H and O–H groups in total. The smallest absolute Gasteiger partial charge is 0.237 e. The zero-order chi connectivity index (χ0) is 12.1. The first-order valence-electron chi connectivity index (χ1n) is 5.44. The number of hydrogen-bond acceptors (Lipinski definition) is 4. The van der Waals surface area contributed by atoms with Gasteiger partial charge in [0.2, 0.25) is 11.8 Å². The SMILES string of the molecule is CC1OCCC1CNC(=O)C(N)CC(N)=O. The van der Waals surface area contributed by atoms with Gasteiger partial charge >= 0.3 is 0 Å². The van der Waals surface area contributed by atoms with Crippen molar-refractivity contribution in [2.45, 2.75) is 31.9 Å². The van der Waals surface area contributed by atoms with Gasteiger partial charge in [0.1, 0.15) is 0 Å². The second-order valence-corrected chi connectivity index (χ2v) is 4.15. The highest BCUT2D eigenvalue weighted by Crippen LogP contribution is 2.19. The summed E-state index contributed by atoms with van der Waals surface area (Å²) >= 11 is 0. The lowest BCUT2D eigenvalue weighted by atomic mass is 10.0. The first kappa shape index (κ1) is 12.9. The summed E-state index contributed by atoms with van der Waals surface area (Å²) in [6.07, 6.45) is 0.974. The Morgan fingerprint density at radius 3 is 2.75 bits per heavy atom. The van der Waals surface area contributed by atoms with Gasteiger partial charge in [0, 0.05) is 19.1 Å². The molecule has 1 aliphatic rings. The molecule has 6 heteroatoms. The minimum absolute atomic E-state index is 0.122. The van der Waals surface area contributed by atoms with Crippen molar-refractivity contribution in [2.24, 2.45) is 17.4 Å². The Balaban J connectivity index is 2.26. The van der Waals surface area contributed by atoms with E-state index in [-0.39, 0.29) is 18.4 Å². The Bertz CT molecular complexity index is 270. The number of rotatable bonds is 5. The van der Waals surface area contributed by atoms with Gasteiger partial charge in [-0.15, -0.1) is 0 Å². The molecular formula is C10H19N3O3. The molecule has 0 aliphatic carbocycles. The largest absolute Gasteiger partial charge is 0.378 e. The molecule has 1 aliphatic heterocycles. The van der Waals surface area contributed by atoms with E-state index < -0.39 is 11.9 Å². The monoisotopic (exact) mass is 229 g/mol. The van der Waals surface area contributed by atoms with Crippen LogP contribution in [-0.4, -0.2) is 37.1 Å². The normalized spacial score (nSPS) is 26.4. The summed E-state index contributed by atoms with van der Waals surface area (Å²) in [5.74, 6) is -0.581. The Morgan fingerprint density at radius 2 is 2.25 bits per heavy atom. The Kier molecular flexibility index (Phi) is 4.70. The van der Waals surface area contributed by atoms with Crippen molar-refractivity contribution in [3.8, 4) is 0 Å². The van der Waals surface area contributed by atoms with Crippen LogP contribution >= 0.6 is 0 Å². The van der Waals surface area contributed by atoms with E-state index in [9.17, 15) is 9.59 Å². The molecule has 3 atom stereocenters. The van der Waals surface area contributed by atoms with E-state index in [4.69, 9.17) is 16.2 Å². The molecule has 0 spiro atoms. The lowest BCUT2D eigenvalue weighted by Gasteiger charge is -2.16. The highest BCUT2D eigenvalue weighted by molar-refractivity contribution is 5.87. The van der Waals surface area contributed by atoms with E-state index in [1.54, 1.807) is 0 Å². The van der Waals surface area contributed by atoms with E-state index in [0.29, 0.717) is 12.5 Å². The number of carbonyl (C=O) groups excluding carboxylic acids is 2. The van der Waals surface area contributed by atoms with Crippen molar-refractivity contribution in [3.63, 3.8) is 0 Å². The summed E-state index contributed by atoms with van der Waals surface area (Å²) in [7, 11) is 0. The summed E-state index contributed by atoms with van der Waals surface area (Å²) in [5, 5.41) is 2.71. The molecule has 0 radical (unpaired) electrons. The molecule has 16 heavy (non-hydrogen) atoms. The third-order valence-electron chi connectivity index (χ3n) is 2.83. The van der Waals surface area contributed by atoms with Gasteiger partial charge in [0.25, 0.3) is 0 Å². The van der Waals surface area contributed by atoms with E-state index in [0.717, 1.165) is 13.0 Å². The molecule has 3 unspecified atom stereocenters. The predicted molar refractivity (Wildman–Crippen MR) is 58.3 cm³/mol. The third-order valence-corrected chi connectivity index (χ3v) is 2.83. The molecule has 1 rings (SSSR count). The van der Waals surface area contributed by atoms with Gasteiger partial charge in [-0.3, -0.25) is 9.59 Å². The van der Waals surface area contributed by atoms with Crippen LogP contribution in [-0.2, 0) is 14.3 Å². The topological polar surface area (TPSA) is 107 Å². The van der Waals surface area contributed by atoms with Crippen LogP contribution in [0.1, 0.15) is 19.8 Å². The number of primary amides is 1. The van der Waals surface area contributed by atoms with Crippen LogP contribution in [0.25, 0.3) is 0 Å². The van der Waals surface area contributed by atoms with Gasteiger partial charge in [-0.1, -0.05) is 0 Å². The van der Waals surface area contributed by atoms with Crippen molar-refractivity contribution < 1.29 is 14.3 Å². The van der Waals surface area contributed by atoms with E-state index in [1.807, 2.05) is 6.92 Å². The Morgan fingerprint density at radius 1 is 1.56 bits per heavy atom. The lowest BCUT2D eigenvalue weighted by molar-refractivity contribution is -0.126. The maximum atomic E-state index is 11.5. The van der Waals surface area contributed by atoms with Crippen LogP contribution < -0.4 is 16.8 Å². The fourth-order valence-electron chi connectivity index (χ4n) is 1.72. The summed E-state index contributed by atoms with van der Waals surface area (Å²) in [5.41, 5.74) is 10.4. The van der Waals surface area contributed by atoms with Crippen molar-refractivity contribution >= 4 is 11.8 Å². The second kappa shape index (κ2) is 5.81. The van der Waals surface area contributed by atoms with Crippen LogP contribution in [0.5, 0.6) is 0 Å². The second-order valence-electron chi connectivity index (χ2n) is 4.15. The van der Waals surface area contributed by atoms with Crippen molar-refractivity contribution in [1.82, 2.24) is 5.32 Å². The van der Waals surface area contributed by atoms with E-state index in [2.05, 4.69) is 5.32 Å². The van der Waals surface area contributed by atoms with Crippen LogP contribution in [0.2, 0.25) is 0 Å². The maximum absolute atomic E-state index is 11.5. The summed E-state index contributed by atoms with van der Waals surface area (Å²) < 4.78 is 5.37. The van der Waals surface area contributed by atoms with Gasteiger partial charge in [0.05, 0.1) is 18.6 Å². The molecule has 0 bridgehead atoms. The molecule has 1 fully saturated rings. The first-order valence-corrected chi connectivity index (χ1v) is 5.44. The van der Waals surface area contributed by atoms with Crippen LogP contribution in [0.15, 0.2) is 0 Å². The average Bonchev–Trinajstić information content (AvgIpc) is 2.59. The van der Waals surface area contributed by atoms with E-state index in [1.165, 1.54) is 0 Å². The zero-order valence-electron chi connectivity index (χ0n) is 9.44. The van der Waals surface area contributed by atoms with Gasteiger partial charge in [-0.25, -0.2) is 0 Å². The third kappa shape index (κ3) is 3.79. The van der Waals surface area contributed by atoms with Gasteiger partial charge in [-0.2, -0.15) is 0 Å². The fourth-order valence-corrected chi connectivity index (χ4v) is 1.72. The number of amides is 2. The Hall–Kier alpha value is -1.14. The Labute approximate surface area is 94.7 Å². The number of nitrogens with two attached hydrogens (primary N) is 2. The number of carbonyl (C=O) groups is 2. The predicted octanol–water partition coefficient (Wildman–Crippen LogP) is -1.27. The highest BCUT2D eigenvalue weighted by Gasteiger charge is 2.25. The molecule has 0 aromatic rings. The fraction of sp³-hybridized carbons (Fsp3) is 0.800. The standard InChI is InChI=1S/C10H19N3O3/c1-6-7(2-3-16-6)5-13-10(15)8(11)4-9(12)14/h6-8H,2-5,11H2,1H3,(H2,12,14)(H,13,15). The summed E-state index contributed by atoms with van der Waals surface area (Å²) in [6, 6.07) is -0.852. The molecule has 92 valence electrons. The average molecular weight is 229 g/mol. The molecular weight excluding hydrogens is 210 g/mol. The maximum Gasteiger partial charge on any atom is 0.237 e. The van der Waals surface area contributed by atoms with Crippen molar-refractivity contribution in [3.05, 3.63) is 0 Å².